The second-order valence-corrected chi connectivity index (χ2v) is 19.3. The maximum atomic E-state index is 12.3. The highest BCUT2D eigenvalue weighted by Gasteiger charge is 2.16. The van der Waals surface area contributed by atoms with Crippen LogP contribution in [0.3, 0.4) is 0 Å². The summed E-state index contributed by atoms with van der Waals surface area (Å²) >= 11 is 0. The van der Waals surface area contributed by atoms with E-state index in [9.17, 15) is 14.7 Å². The molecule has 0 amide bonds. The highest BCUT2D eigenvalue weighted by molar-refractivity contribution is 5.70. The number of esters is 2. The molecule has 0 aliphatic rings. The molecule has 432 valence electrons. The first-order chi connectivity index (χ1) is 38.6. The molecule has 78 heavy (non-hydrogen) atoms. The van der Waals surface area contributed by atoms with Gasteiger partial charge in [0.05, 0.1) is 6.61 Å². The largest absolute Gasteiger partial charge is 0.462 e. The van der Waals surface area contributed by atoms with Crippen LogP contribution in [0.15, 0.2) is 207 Å². The topological polar surface area (TPSA) is 72.8 Å². The van der Waals surface area contributed by atoms with Crippen LogP contribution in [0.2, 0.25) is 0 Å². The van der Waals surface area contributed by atoms with Crippen LogP contribution >= 0.6 is 0 Å². The van der Waals surface area contributed by atoms with Crippen molar-refractivity contribution in [3.05, 3.63) is 207 Å². The maximum Gasteiger partial charge on any atom is 0.306 e. The van der Waals surface area contributed by atoms with Crippen LogP contribution in [0.5, 0.6) is 0 Å². The van der Waals surface area contributed by atoms with E-state index in [2.05, 4.69) is 220 Å². The summed E-state index contributed by atoms with van der Waals surface area (Å²) in [5, 5.41) is 9.66. The van der Waals surface area contributed by atoms with Crippen molar-refractivity contribution in [1.29, 1.82) is 0 Å². The second-order valence-electron chi connectivity index (χ2n) is 19.3. The Morgan fingerprint density at radius 3 is 0.795 bits per heavy atom. The number of aliphatic hydroxyl groups is 1. The molecule has 0 aromatic heterocycles. The van der Waals surface area contributed by atoms with Crippen LogP contribution in [0.1, 0.15) is 219 Å². The minimum atomic E-state index is -0.816. The molecule has 0 radical (unpaired) electrons. The Morgan fingerprint density at radius 1 is 0.295 bits per heavy atom. The quantitative estimate of drug-likeness (QED) is 0.0373. The highest BCUT2D eigenvalue weighted by Crippen LogP contribution is 2.13. The van der Waals surface area contributed by atoms with Crippen LogP contribution in [0, 0.1) is 0 Å². The van der Waals surface area contributed by atoms with Crippen LogP contribution in [0.4, 0.5) is 0 Å². The molecule has 0 rings (SSSR count). The minimum Gasteiger partial charge on any atom is -0.462 e. The fourth-order valence-electron chi connectivity index (χ4n) is 7.56. The Morgan fingerprint density at radius 2 is 0.513 bits per heavy atom. The normalized spacial score (nSPS) is 13.7. The third-order valence-electron chi connectivity index (χ3n) is 12.1. The Balaban J connectivity index is 3.71. The molecular formula is C73H110O5. The lowest BCUT2D eigenvalue weighted by molar-refractivity contribution is -0.161. The van der Waals surface area contributed by atoms with Gasteiger partial charge < -0.3 is 14.6 Å². The standard InChI is InChI=1S/C73H110O5/c1-3-5-7-9-11-13-15-17-19-21-23-25-27-29-30-31-32-33-34-35-36-37-38-39-40-41-42-44-46-48-50-52-54-56-58-60-62-64-66-68-73(76)78-71(69-74)70-77-72(75)67-65-63-61-59-57-55-53-51-49-47-45-43-28-26-24-22-20-18-16-14-12-10-8-6-4-2/h5-8,11-14,17-20,23-26,29-30,32-33,35-36,38-39,41-43,45-46,48,52,54,58,60,71,74H,3-4,9-10,15-16,21-22,27-28,31,34,37,40,44,47,49-51,53,55-57,59,61-70H2,1-2H3/b7-5-,8-6-,13-11-,14-12-,19-17-,20-18-,25-23-,26-24-,30-29-,33-32-,36-35-,39-38-,42-41-,45-43-,48-46-,54-52-,60-58-. The van der Waals surface area contributed by atoms with E-state index in [0.717, 1.165) is 148 Å². The van der Waals surface area contributed by atoms with E-state index in [0.29, 0.717) is 12.8 Å². The second kappa shape index (κ2) is 65.8. The molecule has 5 heteroatoms. The number of unbranched alkanes of at least 4 members (excludes halogenated alkanes) is 11. The molecule has 0 heterocycles. The van der Waals surface area contributed by atoms with Crippen LogP contribution in [-0.2, 0) is 19.1 Å². The lowest BCUT2D eigenvalue weighted by atomic mass is 10.1. The number of allylic oxidation sites excluding steroid dienone is 34. The average molecular weight is 1070 g/mol. The lowest BCUT2D eigenvalue weighted by Gasteiger charge is -2.15. The van der Waals surface area contributed by atoms with Crippen LogP contribution in [-0.4, -0.2) is 36.4 Å². The molecular weight excluding hydrogens is 957 g/mol. The molecule has 0 spiro atoms. The predicted octanol–water partition coefficient (Wildman–Crippen LogP) is 21.4. The van der Waals surface area contributed by atoms with Crippen molar-refractivity contribution in [2.45, 2.75) is 225 Å². The summed E-state index contributed by atoms with van der Waals surface area (Å²) in [6.45, 7) is 3.86. The number of carbonyl (C=O) groups excluding carboxylic acids is 2. The summed E-state index contributed by atoms with van der Waals surface area (Å²) in [6.07, 6.45) is 107. The van der Waals surface area contributed by atoms with Gasteiger partial charge in [-0.1, -0.05) is 265 Å². The van der Waals surface area contributed by atoms with Gasteiger partial charge in [0.25, 0.3) is 0 Å². The van der Waals surface area contributed by atoms with Gasteiger partial charge in [-0.2, -0.15) is 0 Å². The van der Waals surface area contributed by atoms with Crippen LogP contribution < -0.4 is 0 Å². The Kier molecular flexibility index (Phi) is 61.1. The number of aliphatic hydroxyl groups excluding tert-OH is 1. The summed E-state index contributed by atoms with van der Waals surface area (Å²) in [5.41, 5.74) is 0. The Hall–Kier alpha value is -5.52. The molecule has 0 aliphatic heterocycles. The Labute approximate surface area is 479 Å². The van der Waals surface area contributed by atoms with E-state index >= 15 is 0 Å². The lowest BCUT2D eigenvalue weighted by Crippen LogP contribution is -2.28. The SMILES string of the molecule is CC/C=C\C/C=C\C/C=C\C/C=C\C/C=C\C/C=C\C/C=C\C/C=C\C/C=C\C/C=C\C/C=C\C/C=C\CCCCC(=O)OC(CO)COC(=O)CCCCCCCCCCC/C=C\C/C=C\C/C=C\C/C=C\C/C=C\CC. The first kappa shape index (κ1) is 72.5. The summed E-state index contributed by atoms with van der Waals surface area (Å²) in [7, 11) is 0. The van der Waals surface area contributed by atoms with Gasteiger partial charge in [-0.05, 0) is 148 Å². The van der Waals surface area contributed by atoms with Gasteiger partial charge in [-0.3, -0.25) is 9.59 Å². The molecule has 0 saturated heterocycles. The molecule has 5 nitrogen and oxygen atoms in total. The van der Waals surface area contributed by atoms with E-state index in [1.54, 1.807) is 0 Å². The molecule has 0 aliphatic carbocycles. The molecule has 0 aromatic rings. The number of carbonyl (C=O) groups is 2. The van der Waals surface area contributed by atoms with Gasteiger partial charge in [0.15, 0.2) is 6.10 Å². The van der Waals surface area contributed by atoms with Gasteiger partial charge in [0.2, 0.25) is 0 Å². The van der Waals surface area contributed by atoms with Gasteiger partial charge in [-0.25, -0.2) is 0 Å². The zero-order valence-corrected chi connectivity index (χ0v) is 49.3. The molecule has 0 bridgehead atoms. The van der Waals surface area contributed by atoms with E-state index in [4.69, 9.17) is 9.47 Å². The molecule has 1 unspecified atom stereocenters. The minimum absolute atomic E-state index is 0.101. The fraction of sp³-hybridized carbons (Fsp3) is 0.507. The van der Waals surface area contributed by atoms with E-state index in [-0.39, 0.29) is 31.6 Å². The fourth-order valence-corrected chi connectivity index (χ4v) is 7.56. The third kappa shape index (κ3) is 63.0. The summed E-state index contributed by atoms with van der Waals surface area (Å²) < 4.78 is 10.7. The number of rotatable bonds is 53. The van der Waals surface area contributed by atoms with Gasteiger partial charge >= 0.3 is 11.9 Å². The van der Waals surface area contributed by atoms with E-state index in [1.165, 1.54) is 38.5 Å². The van der Waals surface area contributed by atoms with Crippen molar-refractivity contribution < 1.29 is 24.2 Å². The monoisotopic (exact) mass is 1070 g/mol. The van der Waals surface area contributed by atoms with E-state index in [1.807, 2.05) is 0 Å². The van der Waals surface area contributed by atoms with Crippen LogP contribution in [0.25, 0.3) is 0 Å². The van der Waals surface area contributed by atoms with Crippen molar-refractivity contribution in [2.75, 3.05) is 13.2 Å². The van der Waals surface area contributed by atoms with Crippen molar-refractivity contribution in [3.63, 3.8) is 0 Å². The van der Waals surface area contributed by atoms with Gasteiger partial charge in [-0.15, -0.1) is 0 Å². The summed E-state index contributed by atoms with van der Waals surface area (Å²) in [4.78, 5) is 24.6. The third-order valence-corrected chi connectivity index (χ3v) is 12.1. The zero-order valence-electron chi connectivity index (χ0n) is 49.3. The van der Waals surface area contributed by atoms with Gasteiger partial charge in [0.1, 0.15) is 6.61 Å². The average Bonchev–Trinajstić information content (AvgIpc) is 3.44. The number of ether oxygens (including phenoxy) is 2. The van der Waals surface area contributed by atoms with E-state index < -0.39 is 6.10 Å². The summed E-state index contributed by atoms with van der Waals surface area (Å²) in [6, 6.07) is 0. The molecule has 1 atom stereocenters. The smallest absolute Gasteiger partial charge is 0.306 e. The molecule has 1 N–H and O–H groups in total. The number of hydrogen-bond acceptors (Lipinski definition) is 5. The maximum absolute atomic E-state index is 12.3. The van der Waals surface area contributed by atoms with Crippen molar-refractivity contribution in [3.8, 4) is 0 Å². The van der Waals surface area contributed by atoms with Crippen molar-refractivity contribution >= 4 is 11.9 Å². The highest BCUT2D eigenvalue weighted by atomic mass is 16.6. The number of hydrogen-bond donors (Lipinski definition) is 1. The summed E-state index contributed by atoms with van der Waals surface area (Å²) in [5.74, 6) is -0.666. The van der Waals surface area contributed by atoms with Crippen molar-refractivity contribution in [2.24, 2.45) is 0 Å². The molecule has 0 saturated carbocycles. The predicted molar refractivity (Wildman–Crippen MR) is 342 cm³/mol. The zero-order chi connectivity index (χ0) is 56.2. The molecule has 0 fully saturated rings. The first-order valence-corrected chi connectivity index (χ1v) is 30.6. The Bertz CT molecular complexity index is 1880. The first-order valence-electron chi connectivity index (χ1n) is 30.6. The van der Waals surface area contributed by atoms with Gasteiger partial charge in [0, 0.05) is 12.8 Å². The van der Waals surface area contributed by atoms with Crippen molar-refractivity contribution in [1.82, 2.24) is 0 Å². The molecule has 0 aromatic carbocycles.